The molecule has 3 heterocycles. The number of carbonyl (C=O) groups excluding carboxylic acids is 3. The van der Waals surface area contributed by atoms with E-state index in [0.29, 0.717) is 24.6 Å². The highest BCUT2D eigenvalue weighted by Gasteiger charge is 2.40. The number of imide groups is 1. The van der Waals surface area contributed by atoms with Crippen molar-refractivity contribution in [1.82, 2.24) is 20.0 Å². The summed E-state index contributed by atoms with van der Waals surface area (Å²) in [4.78, 5) is 43.3. The van der Waals surface area contributed by atoms with Gasteiger partial charge in [0.2, 0.25) is 12.7 Å². The number of fused-ring (bicyclic) bond motifs is 1. The Hall–Kier alpha value is -3.59. The molecule has 33 heavy (non-hydrogen) atoms. The molecule has 0 spiro atoms. The van der Waals surface area contributed by atoms with Crippen LogP contribution in [0.2, 0.25) is 0 Å². The van der Waals surface area contributed by atoms with Gasteiger partial charge in [0.25, 0.3) is 5.91 Å². The fraction of sp³-hybridized carbons (Fsp3) is 0.375. The Morgan fingerprint density at radius 1 is 0.909 bits per heavy atom. The van der Waals surface area contributed by atoms with Crippen LogP contribution in [0.1, 0.15) is 17.5 Å². The van der Waals surface area contributed by atoms with Crippen LogP contribution >= 0.6 is 0 Å². The molecule has 5 rings (SSSR count). The van der Waals surface area contributed by atoms with Gasteiger partial charge in [-0.25, -0.2) is 4.79 Å². The lowest BCUT2D eigenvalue weighted by atomic mass is 10.1. The highest BCUT2D eigenvalue weighted by molar-refractivity contribution is 6.05. The van der Waals surface area contributed by atoms with Crippen molar-refractivity contribution < 1.29 is 23.9 Å². The lowest BCUT2D eigenvalue weighted by Crippen LogP contribution is -2.49. The van der Waals surface area contributed by atoms with Crippen molar-refractivity contribution >= 4 is 17.8 Å². The summed E-state index contributed by atoms with van der Waals surface area (Å²) >= 11 is 0. The van der Waals surface area contributed by atoms with Gasteiger partial charge < -0.3 is 19.7 Å². The van der Waals surface area contributed by atoms with E-state index in [9.17, 15) is 14.4 Å². The van der Waals surface area contributed by atoms with Gasteiger partial charge in [0, 0.05) is 32.7 Å². The van der Waals surface area contributed by atoms with Gasteiger partial charge in [-0.15, -0.1) is 0 Å². The molecule has 172 valence electrons. The second kappa shape index (κ2) is 9.11. The Bertz CT molecular complexity index is 1050. The van der Waals surface area contributed by atoms with Crippen molar-refractivity contribution in [3.63, 3.8) is 0 Å². The van der Waals surface area contributed by atoms with Crippen molar-refractivity contribution in [3.8, 4) is 11.5 Å². The van der Waals surface area contributed by atoms with Gasteiger partial charge in [-0.2, -0.15) is 0 Å². The van der Waals surface area contributed by atoms with Gasteiger partial charge >= 0.3 is 6.03 Å². The van der Waals surface area contributed by atoms with Crippen molar-refractivity contribution in [2.24, 2.45) is 0 Å². The van der Waals surface area contributed by atoms with Crippen LogP contribution in [0.25, 0.3) is 0 Å². The summed E-state index contributed by atoms with van der Waals surface area (Å²) in [6.07, 6.45) is -0.0269. The third-order valence-corrected chi connectivity index (χ3v) is 6.24. The fourth-order valence-corrected chi connectivity index (χ4v) is 4.39. The predicted octanol–water partition coefficient (Wildman–Crippen LogP) is 1.57. The van der Waals surface area contributed by atoms with Crippen LogP contribution in [0.15, 0.2) is 48.5 Å². The van der Waals surface area contributed by atoms with E-state index >= 15 is 0 Å². The molecule has 1 atom stereocenters. The third kappa shape index (κ3) is 4.63. The lowest BCUT2D eigenvalue weighted by Gasteiger charge is -2.35. The minimum absolute atomic E-state index is 0.0269. The fourth-order valence-electron chi connectivity index (χ4n) is 4.39. The Labute approximate surface area is 191 Å². The first-order chi connectivity index (χ1) is 16.1. The summed E-state index contributed by atoms with van der Waals surface area (Å²) in [5.74, 6) is 0.743. The minimum Gasteiger partial charge on any atom is -0.454 e. The van der Waals surface area contributed by atoms with Crippen LogP contribution in [0.5, 0.6) is 11.5 Å². The topological polar surface area (TPSA) is 91.4 Å². The molecule has 9 heteroatoms. The molecule has 0 radical (unpaired) electrons. The molecule has 1 N–H and O–H groups in total. The SMILES string of the molecule is O=C(CC1NC(=O)N(Cc2ccc3c(c2)OCO3)C1=O)N1CCN(Cc2ccccc2)CC1. The van der Waals surface area contributed by atoms with E-state index in [1.165, 1.54) is 5.56 Å². The summed E-state index contributed by atoms with van der Waals surface area (Å²) < 4.78 is 10.7. The van der Waals surface area contributed by atoms with Gasteiger partial charge in [-0.3, -0.25) is 19.4 Å². The zero-order valence-electron chi connectivity index (χ0n) is 18.2. The van der Waals surface area contributed by atoms with E-state index in [0.717, 1.165) is 30.1 Å². The Morgan fingerprint density at radius 2 is 1.67 bits per heavy atom. The van der Waals surface area contributed by atoms with Crippen molar-refractivity contribution in [2.45, 2.75) is 25.6 Å². The summed E-state index contributed by atoms with van der Waals surface area (Å²) in [6, 6.07) is 14.2. The number of piperazine rings is 1. The molecule has 3 aliphatic rings. The molecule has 0 saturated carbocycles. The van der Waals surface area contributed by atoms with E-state index in [1.807, 2.05) is 18.2 Å². The van der Waals surface area contributed by atoms with Gasteiger partial charge in [0.15, 0.2) is 11.5 Å². The molecule has 9 nitrogen and oxygen atoms in total. The second-order valence-electron chi connectivity index (χ2n) is 8.46. The molecule has 4 amide bonds. The third-order valence-electron chi connectivity index (χ3n) is 6.24. The number of carbonyl (C=O) groups is 3. The first kappa shape index (κ1) is 21.3. The average molecular weight is 450 g/mol. The average Bonchev–Trinajstić information content (AvgIpc) is 3.40. The van der Waals surface area contributed by atoms with Crippen LogP contribution in [0, 0.1) is 0 Å². The van der Waals surface area contributed by atoms with E-state index in [2.05, 4.69) is 22.3 Å². The maximum absolute atomic E-state index is 12.8. The Kier molecular flexibility index (Phi) is 5.87. The summed E-state index contributed by atoms with van der Waals surface area (Å²) in [5.41, 5.74) is 2.00. The molecule has 2 saturated heterocycles. The number of benzene rings is 2. The van der Waals surface area contributed by atoms with Crippen LogP contribution in [0.4, 0.5) is 4.79 Å². The van der Waals surface area contributed by atoms with Crippen molar-refractivity contribution in [3.05, 3.63) is 59.7 Å². The van der Waals surface area contributed by atoms with E-state index in [4.69, 9.17) is 9.47 Å². The molecule has 1 unspecified atom stereocenters. The molecular formula is C24H26N4O5. The van der Waals surface area contributed by atoms with Crippen LogP contribution in [-0.2, 0) is 22.7 Å². The quantitative estimate of drug-likeness (QED) is 0.672. The molecule has 0 aromatic heterocycles. The largest absolute Gasteiger partial charge is 0.454 e. The smallest absolute Gasteiger partial charge is 0.325 e. The molecule has 0 bridgehead atoms. The first-order valence-electron chi connectivity index (χ1n) is 11.1. The number of nitrogens with zero attached hydrogens (tertiary/aromatic N) is 3. The van der Waals surface area contributed by atoms with Crippen LogP contribution < -0.4 is 14.8 Å². The Morgan fingerprint density at radius 3 is 2.45 bits per heavy atom. The molecule has 2 aromatic rings. The zero-order chi connectivity index (χ0) is 22.8. The number of nitrogens with one attached hydrogen (secondary N) is 1. The van der Waals surface area contributed by atoms with Crippen LogP contribution in [-0.4, -0.2) is 71.6 Å². The van der Waals surface area contributed by atoms with Gasteiger partial charge in [0.1, 0.15) is 6.04 Å². The van der Waals surface area contributed by atoms with Crippen molar-refractivity contribution in [1.29, 1.82) is 0 Å². The highest BCUT2D eigenvalue weighted by Crippen LogP contribution is 2.33. The van der Waals surface area contributed by atoms with Crippen LogP contribution in [0.3, 0.4) is 0 Å². The number of ether oxygens (including phenoxy) is 2. The van der Waals surface area contributed by atoms with E-state index in [1.54, 1.807) is 23.1 Å². The molecule has 2 aromatic carbocycles. The van der Waals surface area contributed by atoms with Gasteiger partial charge in [0.05, 0.1) is 13.0 Å². The molecular weight excluding hydrogens is 424 g/mol. The van der Waals surface area contributed by atoms with Crippen molar-refractivity contribution in [2.75, 3.05) is 33.0 Å². The van der Waals surface area contributed by atoms with E-state index < -0.39 is 12.1 Å². The number of amides is 4. The first-order valence-corrected chi connectivity index (χ1v) is 11.1. The Balaban J connectivity index is 1.13. The second-order valence-corrected chi connectivity index (χ2v) is 8.46. The number of urea groups is 1. The molecule has 3 aliphatic heterocycles. The van der Waals surface area contributed by atoms with Gasteiger partial charge in [-0.1, -0.05) is 36.4 Å². The van der Waals surface area contributed by atoms with Gasteiger partial charge in [-0.05, 0) is 23.3 Å². The number of hydrogen-bond donors (Lipinski definition) is 1. The maximum atomic E-state index is 12.8. The number of hydrogen-bond acceptors (Lipinski definition) is 6. The minimum atomic E-state index is -0.832. The number of rotatable bonds is 6. The molecule has 0 aliphatic carbocycles. The standard InChI is InChI=1S/C24H26N4O5/c29-22(27-10-8-26(9-11-27)14-17-4-2-1-3-5-17)13-19-23(30)28(24(31)25-19)15-18-6-7-20-21(12-18)33-16-32-20/h1-7,12,19H,8-11,13-16H2,(H,25,31). The normalized spacial score (nSPS) is 20.3. The lowest BCUT2D eigenvalue weighted by molar-refractivity contribution is -0.137. The monoisotopic (exact) mass is 450 g/mol. The maximum Gasteiger partial charge on any atom is 0.325 e. The summed E-state index contributed by atoms with van der Waals surface area (Å²) in [5, 5.41) is 2.66. The van der Waals surface area contributed by atoms with E-state index in [-0.39, 0.29) is 31.6 Å². The predicted molar refractivity (Wildman–Crippen MR) is 118 cm³/mol. The molecule has 2 fully saturated rings. The summed E-state index contributed by atoms with van der Waals surface area (Å²) in [6.45, 7) is 3.91. The summed E-state index contributed by atoms with van der Waals surface area (Å²) in [7, 11) is 0. The highest BCUT2D eigenvalue weighted by atomic mass is 16.7. The zero-order valence-corrected chi connectivity index (χ0v) is 18.2.